The molecule has 0 radical (unpaired) electrons. The van der Waals surface area contributed by atoms with Gasteiger partial charge < -0.3 is 24.3 Å². The molecule has 1 aliphatic heterocycles. The van der Waals surface area contributed by atoms with Gasteiger partial charge in [-0.25, -0.2) is 0 Å². The molecule has 0 aromatic carbocycles. The van der Waals surface area contributed by atoms with Gasteiger partial charge in [0.1, 0.15) is 6.04 Å². The van der Waals surface area contributed by atoms with E-state index < -0.39 is 33.3 Å². The average molecular weight is 276 g/mol. The molecule has 0 aliphatic carbocycles. The van der Waals surface area contributed by atoms with Gasteiger partial charge in [0, 0.05) is 6.92 Å². The molecule has 1 saturated heterocycles. The summed E-state index contributed by atoms with van der Waals surface area (Å²) in [6.45, 7) is 2.34. The third kappa shape index (κ3) is 2.99. The van der Waals surface area contributed by atoms with E-state index >= 15 is 0 Å². The highest BCUT2D eigenvalue weighted by molar-refractivity contribution is 7.75. The summed E-state index contributed by atoms with van der Waals surface area (Å²) in [7, 11) is -0.185. The Bertz CT molecular complexity index is 405. The summed E-state index contributed by atoms with van der Waals surface area (Å²) in [6.07, 6.45) is 0.633. The fourth-order valence-electron chi connectivity index (χ4n) is 2.20. The standard InChI is InChI=1S/C10H18N3O4S/c1-7(14)12-8(9(15)16)10(18(11)17)3-5-13(2)6-4-10/h8,11H,3-6H2,1-2H3,(H,12,14)(H,15,16)/q-1. The van der Waals surface area contributed by atoms with Crippen LogP contribution in [0.15, 0.2) is 0 Å². The van der Waals surface area contributed by atoms with E-state index in [1.165, 1.54) is 6.92 Å². The number of likely N-dealkylation sites (tertiary alicyclic amines) is 1. The number of carboxylic acid groups (broad SMARTS) is 1. The summed E-state index contributed by atoms with van der Waals surface area (Å²) in [6, 6.07) is -1.28. The minimum absolute atomic E-state index is 0.316. The maximum Gasteiger partial charge on any atom is 0.324 e. The zero-order valence-electron chi connectivity index (χ0n) is 10.4. The van der Waals surface area contributed by atoms with Crippen molar-refractivity contribution in [1.82, 2.24) is 10.2 Å². The molecule has 1 aliphatic rings. The van der Waals surface area contributed by atoms with Crippen molar-refractivity contribution >= 4 is 22.5 Å². The molecule has 7 nitrogen and oxygen atoms in total. The van der Waals surface area contributed by atoms with Crippen LogP contribution in [-0.4, -0.2) is 52.8 Å². The lowest BCUT2D eigenvalue weighted by atomic mass is 9.88. The van der Waals surface area contributed by atoms with Gasteiger partial charge in [0.15, 0.2) is 0 Å². The minimum atomic E-state index is -2.06. The van der Waals surface area contributed by atoms with Crippen molar-refractivity contribution in [2.45, 2.75) is 30.6 Å². The first-order valence-corrected chi connectivity index (χ1v) is 6.76. The van der Waals surface area contributed by atoms with Crippen molar-refractivity contribution in [3.8, 4) is 0 Å². The Morgan fingerprint density at radius 1 is 1.44 bits per heavy atom. The van der Waals surface area contributed by atoms with E-state index in [-0.39, 0.29) is 0 Å². The van der Waals surface area contributed by atoms with E-state index in [1.54, 1.807) is 0 Å². The van der Waals surface area contributed by atoms with Gasteiger partial charge in [-0.1, -0.05) is 0 Å². The van der Waals surface area contributed by atoms with Gasteiger partial charge in [-0.3, -0.25) is 9.59 Å². The van der Waals surface area contributed by atoms with E-state index in [1.807, 2.05) is 11.9 Å². The van der Waals surface area contributed by atoms with Gasteiger partial charge in [-0.15, -0.1) is 0 Å². The molecule has 1 atom stereocenters. The van der Waals surface area contributed by atoms with Gasteiger partial charge >= 0.3 is 5.97 Å². The van der Waals surface area contributed by atoms with Gasteiger partial charge in [-0.05, 0) is 37.7 Å². The Hall–Kier alpha value is -1.15. The molecule has 1 rings (SSSR count). The fourth-order valence-corrected chi connectivity index (χ4v) is 3.13. The Morgan fingerprint density at radius 2 is 1.94 bits per heavy atom. The molecule has 1 fully saturated rings. The second-order valence-corrected chi connectivity index (χ2v) is 5.96. The molecular weight excluding hydrogens is 258 g/mol. The number of carbonyl (C=O) groups is 2. The SMILES string of the molecule is CC(=O)NC(C(=O)O)C1([S-](=N)=O)CCN(C)CC1. The number of carboxylic acids is 1. The molecule has 1 unspecified atom stereocenters. The highest BCUT2D eigenvalue weighted by Gasteiger charge is 2.41. The Balaban J connectivity index is 3.08. The van der Waals surface area contributed by atoms with Crippen LogP contribution in [0.1, 0.15) is 19.8 Å². The van der Waals surface area contributed by atoms with Crippen molar-refractivity contribution < 1.29 is 18.9 Å². The van der Waals surface area contributed by atoms with Crippen molar-refractivity contribution in [3.05, 3.63) is 0 Å². The summed E-state index contributed by atoms with van der Waals surface area (Å²) in [5.74, 6) is -1.73. The number of nitrogens with one attached hydrogen (secondary N) is 2. The number of hydrogen-bond acceptors (Lipinski definition) is 6. The second-order valence-electron chi connectivity index (χ2n) is 4.61. The van der Waals surface area contributed by atoms with Gasteiger partial charge in [-0.2, -0.15) is 10.6 Å². The lowest BCUT2D eigenvalue weighted by molar-refractivity contribution is -0.143. The molecular formula is C10H18N3O4S-. The molecule has 8 heteroatoms. The minimum Gasteiger partial charge on any atom is -0.480 e. The molecule has 0 saturated carbocycles. The summed E-state index contributed by atoms with van der Waals surface area (Å²) < 4.78 is 18.0. The molecule has 0 bridgehead atoms. The number of hydrogen-bond donors (Lipinski definition) is 3. The Labute approximate surface area is 108 Å². The van der Waals surface area contributed by atoms with Crippen LogP contribution in [0.2, 0.25) is 0 Å². The highest BCUT2D eigenvalue weighted by Crippen LogP contribution is 2.30. The molecule has 0 aromatic heterocycles. The zero-order chi connectivity index (χ0) is 13.9. The highest BCUT2D eigenvalue weighted by atomic mass is 32.2. The third-order valence-corrected chi connectivity index (χ3v) is 4.71. The van der Waals surface area contributed by atoms with Gasteiger partial charge in [0.25, 0.3) is 0 Å². The normalized spacial score (nSPS) is 21.5. The van der Waals surface area contributed by atoms with Crippen LogP contribution in [0.5, 0.6) is 0 Å². The predicted molar refractivity (Wildman–Crippen MR) is 65.5 cm³/mol. The number of carbonyl (C=O) groups excluding carboxylic acids is 1. The van der Waals surface area contributed by atoms with Crippen molar-refractivity contribution in [2.75, 3.05) is 20.1 Å². The second kappa shape index (κ2) is 5.66. The maximum absolute atomic E-state index is 11.7. The monoisotopic (exact) mass is 276 g/mol. The maximum atomic E-state index is 11.7. The van der Waals surface area contributed by atoms with Crippen molar-refractivity contribution in [3.63, 3.8) is 0 Å². The lowest BCUT2D eigenvalue weighted by Crippen LogP contribution is -2.60. The smallest absolute Gasteiger partial charge is 0.324 e. The molecule has 0 spiro atoms. The van der Waals surface area contributed by atoms with E-state index in [9.17, 15) is 18.9 Å². The van der Waals surface area contributed by atoms with Crippen molar-refractivity contribution in [1.29, 1.82) is 4.78 Å². The van der Waals surface area contributed by atoms with Gasteiger partial charge in [0.05, 0.1) is 0 Å². The van der Waals surface area contributed by atoms with Crippen LogP contribution in [0.4, 0.5) is 0 Å². The molecule has 0 aromatic rings. The first-order valence-electron chi connectivity index (χ1n) is 5.61. The Morgan fingerprint density at radius 3 is 2.28 bits per heavy atom. The zero-order valence-corrected chi connectivity index (χ0v) is 11.2. The molecule has 104 valence electrons. The summed E-state index contributed by atoms with van der Waals surface area (Å²) in [4.78, 5) is 24.3. The van der Waals surface area contributed by atoms with Crippen molar-refractivity contribution in [2.24, 2.45) is 0 Å². The number of rotatable bonds is 4. The molecule has 18 heavy (non-hydrogen) atoms. The van der Waals surface area contributed by atoms with Gasteiger partial charge in [0.2, 0.25) is 5.91 Å². The van der Waals surface area contributed by atoms with E-state index in [4.69, 9.17) is 4.78 Å². The predicted octanol–water partition coefficient (Wildman–Crippen LogP) is -0.234. The number of amides is 1. The lowest BCUT2D eigenvalue weighted by Gasteiger charge is -2.47. The quantitative estimate of drug-likeness (QED) is 0.614. The first kappa shape index (κ1) is 14.9. The number of nitrogens with zero attached hydrogens (tertiary/aromatic N) is 1. The third-order valence-electron chi connectivity index (χ3n) is 3.32. The summed E-state index contributed by atoms with van der Waals surface area (Å²) in [5.41, 5.74) is 0. The number of piperidine rings is 1. The van der Waals surface area contributed by atoms with Crippen LogP contribution < -0.4 is 5.32 Å². The summed E-state index contributed by atoms with van der Waals surface area (Å²) in [5, 5.41) is 11.5. The largest absolute Gasteiger partial charge is 0.480 e. The van der Waals surface area contributed by atoms with E-state index in [0.717, 1.165) is 0 Å². The Kier molecular flexibility index (Phi) is 4.69. The topological polar surface area (TPSA) is 111 Å². The molecule has 1 amide bonds. The van der Waals surface area contributed by atoms with Crippen LogP contribution in [0.25, 0.3) is 0 Å². The van der Waals surface area contributed by atoms with E-state index in [0.29, 0.717) is 25.9 Å². The first-order chi connectivity index (χ1) is 8.29. The molecule has 1 heterocycles. The van der Waals surface area contributed by atoms with E-state index in [2.05, 4.69) is 5.32 Å². The van der Waals surface area contributed by atoms with Crippen LogP contribution >= 0.6 is 0 Å². The molecule has 3 N–H and O–H groups in total. The fraction of sp³-hybridized carbons (Fsp3) is 0.800. The van der Waals surface area contributed by atoms with Crippen LogP contribution in [-0.2, 0) is 24.4 Å². The van der Waals surface area contributed by atoms with Crippen LogP contribution in [0, 0.1) is 4.78 Å². The van der Waals surface area contributed by atoms with Crippen LogP contribution in [0.3, 0.4) is 0 Å². The number of aliphatic carboxylic acids is 1. The summed E-state index contributed by atoms with van der Waals surface area (Å²) >= 11 is 0. The average Bonchev–Trinajstić information content (AvgIpc) is 2.26.